The average molecular weight is 205 g/mol. The number of hydrogen-bond donors (Lipinski definition) is 2. The van der Waals surface area contributed by atoms with Crippen LogP contribution in [0.5, 0.6) is 0 Å². The van der Waals surface area contributed by atoms with Crippen LogP contribution in [0, 0.1) is 12.8 Å². The zero-order chi connectivity index (χ0) is 10.8. The molecule has 1 amide bonds. The molecule has 1 aliphatic carbocycles. The summed E-state index contributed by atoms with van der Waals surface area (Å²) in [6.45, 7) is 2.01. The van der Waals surface area contributed by atoms with Crippen molar-refractivity contribution >= 4 is 11.6 Å². The molecule has 0 aromatic heterocycles. The van der Waals surface area contributed by atoms with Crippen LogP contribution >= 0.6 is 0 Å². The van der Waals surface area contributed by atoms with Crippen LogP contribution in [0.3, 0.4) is 0 Å². The topological polar surface area (TPSA) is 49.3 Å². The fourth-order valence-electron chi connectivity index (χ4n) is 1.68. The van der Waals surface area contributed by atoms with Crippen LogP contribution in [-0.2, 0) is 4.79 Å². The third-order valence-electron chi connectivity index (χ3n) is 2.80. The predicted molar refractivity (Wildman–Crippen MR) is 58.5 cm³/mol. The van der Waals surface area contributed by atoms with Crippen LogP contribution in [0.2, 0.25) is 0 Å². The van der Waals surface area contributed by atoms with Gasteiger partial charge in [-0.25, -0.2) is 0 Å². The van der Waals surface area contributed by atoms with Crippen molar-refractivity contribution in [1.29, 1.82) is 0 Å². The molecule has 0 saturated heterocycles. The molecule has 1 fully saturated rings. The third kappa shape index (κ3) is 2.36. The third-order valence-corrected chi connectivity index (χ3v) is 2.80. The molecule has 1 aromatic rings. The number of benzene rings is 1. The highest BCUT2D eigenvalue weighted by molar-refractivity contribution is 5.93. The van der Waals surface area contributed by atoms with Crippen LogP contribution < -0.4 is 5.32 Å². The van der Waals surface area contributed by atoms with E-state index in [0.29, 0.717) is 12.8 Å². The van der Waals surface area contributed by atoms with Crippen molar-refractivity contribution in [2.75, 3.05) is 5.32 Å². The Bertz CT molecular complexity index is 352. The minimum Gasteiger partial charge on any atom is -0.393 e. The van der Waals surface area contributed by atoms with E-state index in [0.717, 1.165) is 5.69 Å². The standard InChI is InChI=1S/C12H15NO2/c1-8-2-4-10(5-3-8)13-12(15)9-6-11(14)7-9/h2-5,9,11,14H,6-7H2,1H3,(H,13,15). The summed E-state index contributed by atoms with van der Waals surface area (Å²) in [5.74, 6) is 0.00505. The Hall–Kier alpha value is -1.35. The van der Waals surface area contributed by atoms with Gasteiger partial charge in [0.15, 0.2) is 0 Å². The van der Waals surface area contributed by atoms with E-state index in [4.69, 9.17) is 5.11 Å². The summed E-state index contributed by atoms with van der Waals surface area (Å²) in [5, 5.41) is 11.9. The molecule has 2 rings (SSSR count). The van der Waals surface area contributed by atoms with Gasteiger partial charge in [0, 0.05) is 11.6 Å². The lowest BCUT2D eigenvalue weighted by molar-refractivity contribution is -0.126. The molecule has 1 aliphatic rings. The summed E-state index contributed by atoms with van der Waals surface area (Å²) in [7, 11) is 0. The first-order valence-electron chi connectivity index (χ1n) is 5.21. The van der Waals surface area contributed by atoms with E-state index in [1.54, 1.807) is 0 Å². The number of amides is 1. The van der Waals surface area contributed by atoms with E-state index in [1.165, 1.54) is 5.56 Å². The second-order valence-corrected chi connectivity index (χ2v) is 4.18. The highest BCUT2D eigenvalue weighted by Gasteiger charge is 2.32. The zero-order valence-corrected chi connectivity index (χ0v) is 8.73. The summed E-state index contributed by atoms with van der Waals surface area (Å²) in [4.78, 5) is 11.6. The quantitative estimate of drug-likeness (QED) is 0.772. The number of nitrogens with one attached hydrogen (secondary N) is 1. The molecular weight excluding hydrogens is 190 g/mol. The highest BCUT2D eigenvalue weighted by atomic mass is 16.3. The van der Waals surface area contributed by atoms with Crippen LogP contribution in [0.15, 0.2) is 24.3 Å². The van der Waals surface area contributed by atoms with Gasteiger partial charge in [-0.1, -0.05) is 17.7 Å². The van der Waals surface area contributed by atoms with Gasteiger partial charge in [0.05, 0.1) is 6.10 Å². The lowest BCUT2D eigenvalue weighted by Crippen LogP contribution is -2.37. The van der Waals surface area contributed by atoms with Gasteiger partial charge >= 0.3 is 0 Å². The number of anilines is 1. The van der Waals surface area contributed by atoms with Crippen molar-refractivity contribution in [1.82, 2.24) is 0 Å². The summed E-state index contributed by atoms with van der Waals surface area (Å²) in [5.41, 5.74) is 2.00. The Kier molecular flexibility index (Phi) is 2.73. The molecular formula is C12H15NO2. The van der Waals surface area contributed by atoms with E-state index < -0.39 is 0 Å². The number of carbonyl (C=O) groups excluding carboxylic acids is 1. The van der Waals surface area contributed by atoms with Crippen molar-refractivity contribution in [2.24, 2.45) is 5.92 Å². The summed E-state index contributed by atoms with van der Waals surface area (Å²) < 4.78 is 0. The fourth-order valence-corrected chi connectivity index (χ4v) is 1.68. The van der Waals surface area contributed by atoms with Crippen molar-refractivity contribution in [3.05, 3.63) is 29.8 Å². The Morgan fingerprint density at radius 3 is 2.47 bits per heavy atom. The lowest BCUT2D eigenvalue weighted by atomic mass is 9.82. The highest BCUT2D eigenvalue weighted by Crippen LogP contribution is 2.28. The maximum Gasteiger partial charge on any atom is 0.227 e. The first-order chi connectivity index (χ1) is 7.15. The van der Waals surface area contributed by atoms with Crippen LogP contribution in [0.25, 0.3) is 0 Å². The molecule has 0 aliphatic heterocycles. The van der Waals surface area contributed by atoms with Crippen molar-refractivity contribution in [3.63, 3.8) is 0 Å². The second-order valence-electron chi connectivity index (χ2n) is 4.18. The van der Waals surface area contributed by atoms with Gasteiger partial charge in [-0.3, -0.25) is 4.79 Å². The molecule has 15 heavy (non-hydrogen) atoms. The molecule has 1 saturated carbocycles. The van der Waals surface area contributed by atoms with Gasteiger partial charge in [-0.2, -0.15) is 0 Å². The number of aliphatic hydroxyl groups excluding tert-OH is 1. The molecule has 0 spiro atoms. The predicted octanol–water partition coefficient (Wildman–Crippen LogP) is 1.70. The first-order valence-corrected chi connectivity index (χ1v) is 5.21. The summed E-state index contributed by atoms with van der Waals surface area (Å²) in [6, 6.07) is 7.71. The molecule has 2 N–H and O–H groups in total. The van der Waals surface area contributed by atoms with E-state index in [2.05, 4.69) is 5.32 Å². The minimum absolute atomic E-state index is 0.0127. The number of carbonyl (C=O) groups is 1. The van der Waals surface area contributed by atoms with Crippen LogP contribution in [-0.4, -0.2) is 17.1 Å². The van der Waals surface area contributed by atoms with Crippen molar-refractivity contribution in [3.8, 4) is 0 Å². The Morgan fingerprint density at radius 1 is 1.33 bits per heavy atom. The van der Waals surface area contributed by atoms with Crippen LogP contribution in [0.1, 0.15) is 18.4 Å². The molecule has 0 atom stereocenters. The molecule has 80 valence electrons. The zero-order valence-electron chi connectivity index (χ0n) is 8.73. The number of aliphatic hydroxyl groups is 1. The molecule has 0 unspecified atom stereocenters. The average Bonchev–Trinajstić information content (AvgIpc) is 2.17. The van der Waals surface area contributed by atoms with Gasteiger partial charge in [-0.15, -0.1) is 0 Å². The SMILES string of the molecule is Cc1ccc(NC(=O)C2CC(O)C2)cc1. The van der Waals surface area contributed by atoms with E-state index >= 15 is 0 Å². The first kappa shape index (κ1) is 10.2. The summed E-state index contributed by atoms with van der Waals surface area (Å²) >= 11 is 0. The molecule has 0 bridgehead atoms. The Morgan fingerprint density at radius 2 is 1.93 bits per heavy atom. The van der Waals surface area contributed by atoms with Gasteiger partial charge < -0.3 is 10.4 Å². The van der Waals surface area contributed by atoms with Gasteiger partial charge in [-0.05, 0) is 31.9 Å². The molecule has 0 radical (unpaired) electrons. The van der Waals surface area contributed by atoms with E-state index in [9.17, 15) is 4.79 Å². The number of hydrogen-bond acceptors (Lipinski definition) is 2. The number of aryl methyl sites for hydroxylation is 1. The van der Waals surface area contributed by atoms with Crippen molar-refractivity contribution < 1.29 is 9.90 Å². The molecule has 1 aromatic carbocycles. The van der Waals surface area contributed by atoms with Gasteiger partial charge in [0.2, 0.25) is 5.91 Å². The maximum absolute atomic E-state index is 11.6. The maximum atomic E-state index is 11.6. The van der Waals surface area contributed by atoms with Crippen LogP contribution in [0.4, 0.5) is 5.69 Å². The Balaban J connectivity index is 1.91. The van der Waals surface area contributed by atoms with E-state index in [-0.39, 0.29) is 17.9 Å². The monoisotopic (exact) mass is 205 g/mol. The lowest BCUT2D eigenvalue weighted by Gasteiger charge is -2.29. The second kappa shape index (κ2) is 4.03. The van der Waals surface area contributed by atoms with Gasteiger partial charge in [0.1, 0.15) is 0 Å². The normalized spacial score (nSPS) is 24.4. The molecule has 3 heteroatoms. The molecule has 3 nitrogen and oxygen atoms in total. The van der Waals surface area contributed by atoms with Gasteiger partial charge in [0.25, 0.3) is 0 Å². The molecule has 0 heterocycles. The largest absolute Gasteiger partial charge is 0.393 e. The fraction of sp³-hybridized carbons (Fsp3) is 0.417. The summed E-state index contributed by atoms with van der Waals surface area (Å²) in [6.07, 6.45) is 0.911. The van der Waals surface area contributed by atoms with Crippen molar-refractivity contribution in [2.45, 2.75) is 25.9 Å². The Labute approximate surface area is 89.1 Å². The number of rotatable bonds is 2. The smallest absolute Gasteiger partial charge is 0.227 e. The minimum atomic E-state index is -0.279. The van der Waals surface area contributed by atoms with E-state index in [1.807, 2.05) is 31.2 Å².